The van der Waals surface area contributed by atoms with Gasteiger partial charge in [0.1, 0.15) is 0 Å². The summed E-state index contributed by atoms with van der Waals surface area (Å²) < 4.78 is 0. The van der Waals surface area contributed by atoms with Crippen molar-refractivity contribution in [2.24, 2.45) is 0 Å². The van der Waals surface area contributed by atoms with Gasteiger partial charge >= 0.3 is 0 Å². The molecule has 0 atom stereocenters. The minimum absolute atomic E-state index is 1.08. The first kappa shape index (κ1) is 36.1. The van der Waals surface area contributed by atoms with Crippen molar-refractivity contribution in [3.63, 3.8) is 0 Å². The third-order valence-corrected chi connectivity index (χ3v) is 12.0. The Labute approximate surface area is 357 Å². The van der Waals surface area contributed by atoms with E-state index >= 15 is 0 Å². The second-order valence-corrected chi connectivity index (χ2v) is 15.7. The Morgan fingerprint density at radius 2 is 0.787 bits per heavy atom. The maximum Gasteiger partial charge on any atom is 0.0540 e. The van der Waals surface area contributed by atoms with Crippen LogP contribution in [0.3, 0.4) is 0 Å². The molecule has 0 saturated heterocycles. The van der Waals surface area contributed by atoms with Gasteiger partial charge in [0.25, 0.3) is 0 Å². The van der Waals surface area contributed by atoms with Gasteiger partial charge in [0.15, 0.2) is 0 Å². The first-order chi connectivity index (χ1) is 30.3. The molecule has 0 aliphatic carbocycles. The molecule has 1 heteroatoms. The minimum Gasteiger partial charge on any atom is -0.310 e. The van der Waals surface area contributed by atoms with Crippen LogP contribution in [0.5, 0.6) is 0 Å². The summed E-state index contributed by atoms with van der Waals surface area (Å²) in [6, 6.07) is 90.5. The summed E-state index contributed by atoms with van der Waals surface area (Å²) in [6.07, 6.45) is 0. The molecule has 0 aromatic heterocycles. The number of rotatable bonds is 8. The molecule has 61 heavy (non-hydrogen) atoms. The van der Waals surface area contributed by atoms with Gasteiger partial charge in [-0.25, -0.2) is 0 Å². The number of nitrogens with zero attached hydrogens (tertiary/aromatic N) is 1. The van der Waals surface area contributed by atoms with E-state index in [1.807, 2.05) is 0 Å². The van der Waals surface area contributed by atoms with Crippen LogP contribution in [0.4, 0.5) is 17.1 Å². The fraction of sp³-hybridized carbons (Fsp3) is 0. The Hall–Kier alpha value is -8.00. The summed E-state index contributed by atoms with van der Waals surface area (Å²) in [7, 11) is 0. The summed E-state index contributed by atoms with van der Waals surface area (Å²) >= 11 is 0. The fourth-order valence-electron chi connectivity index (χ4n) is 9.14. The van der Waals surface area contributed by atoms with Crippen molar-refractivity contribution in [3.05, 3.63) is 249 Å². The van der Waals surface area contributed by atoms with Crippen LogP contribution in [-0.2, 0) is 0 Å². The van der Waals surface area contributed by atoms with Crippen LogP contribution in [-0.4, -0.2) is 0 Å². The molecule has 11 rings (SSSR count). The molecule has 0 saturated carbocycles. The lowest BCUT2D eigenvalue weighted by atomic mass is 9.89. The molecular formula is C60H41N. The van der Waals surface area contributed by atoms with Crippen molar-refractivity contribution < 1.29 is 0 Å². The quantitative estimate of drug-likeness (QED) is 0.139. The molecule has 11 aromatic carbocycles. The Balaban J connectivity index is 1.13. The van der Waals surface area contributed by atoms with E-state index in [2.05, 4.69) is 254 Å². The zero-order valence-corrected chi connectivity index (χ0v) is 33.6. The zero-order valence-electron chi connectivity index (χ0n) is 33.6. The van der Waals surface area contributed by atoms with E-state index < -0.39 is 0 Å². The molecule has 11 aromatic rings. The molecule has 0 aliphatic rings. The normalized spacial score (nSPS) is 11.3. The van der Waals surface area contributed by atoms with Gasteiger partial charge in [0.2, 0.25) is 0 Å². The molecule has 1 nitrogen and oxygen atoms in total. The standard InChI is InChI=1S/C60H41N/c1-4-17-42(18-5-1)47-34-38-59(58(40-47)44-21-8-3-9-22-44)61(51-26-16-25-48(39-51)57-41-49-24-11-12-27-52(49)55-29-14-15-30-56(55)57)50-35-31-46(32-36-50)60-53-28-13-10-23-45(53)33-37-54(60)43-19-6-2-7-20-43/h1-41H. The van der Waals surface area contributed by atoms with Gasteiger partial charge < -0.3 is 4.90 Å². The molecule has 286 valence electrons. The topological polar surface area (TPSA) is 3.24 Å². The highest BCUT2D eigenvalue weighted by molar-refractivity contribution is 6.14. The van der Waals surface area contributed by atoms with Crippen LogP contribution in [0, 0.1) is 0 Å². The summed E-state index contributed by atoms with van der Waals surface area (Å²) in [5.41, 5.74) is 15.2. The highest BCUT2D eigenvalue weighted by Crippen LogP contribution is 2.46. The molecule has 0 amide bonds. The van der Waals surface area contributed by atoms with E-state index in [-0.39, 0.29) is 0 Å². The van der Waals surface area contributed by atoms with Gasteiger partial charge in [0.05, 0.1) is 5.69 Å². The van der Waals surface area contributed by atoms with Gasteiger partial charge in [-0.1, -0.05) is 206 Å². The molecule has 0 radical (unpaired) electrons. The van der Waals surface area contributed by atoms with Crippen LogP contribution in [0.1, 0.15) is 0 Å². The Bertz CT molecular complexity index is 3330. The fourth-order valence-corrected chi connectivity index (χ4v) is 9.14. The number of hydrogen-bond acceptors (Lipinski definition) is 1. The second-order valence-electron chi connectivity index (χ2n) is 15.7. The van der Waals surface area contributed by atoms with Crippen LogP contribution in [0.15, 0.2) is 249 Å². The van der Waals surface area contributed by atoms with E-state index in [9.17, 15) is 0 Å². The van der Waals surface area contributed by atoms with Crippen molar-refractivity contribution in [1.82, 2.24) is 0 Å². The zero-order chi connectivity index (χ0) is 40.5. The first-order valence-corrected chi connectivity index (χ1v) is 21.0. The molecule has 0 bridgehead atoms. The third kappa shape index (κ3) is 6.73. The SMILES string of the molecule is c1ccc(-c2ccc(N(c3ccc(-c4c(-c5ccccc5)ccc5ccccc45)cc3)c3cccc(-c4cc5ccccc5c5ccccc45)c3)c(-c3ccccc3)c2)cc1. The van der Waals surface area contributed by atoms with Crippen molar-refractivity contribution in [2.75, 3.05) is 4.90 Å². The molecule has 0 heterocycles. The average Bonchev–Trinajstić information content (AvgIpc) is 3.35. The van der Waals surface area contributed by atoms with Gasteiger partial charge in [0, 0.05) is 16.9 Å². The summed E-state index contributed by atoms with van der Waals surface area (Å²) in [5.74, 6) is 0. The van der Waals surface area contributed by atoms with Crippen molar-refractivity contribution >= 4 is 49.4 Å². The minimum atomic E-state index is 1.08. The van der Waals surface area contributed by atoms with Gasteiger partial charge in [-0.05, 0) is 125 Å². The van der Waals surface area contributed by atoms with Crippen LogP contribution in [0.2, 0.25) is 0 Å². The van der Waals surface area contributed by atoms with Crippen LogP contribution >= 0.6 is 0 Å². The maximum atomic E-state index is 2.44. The Kier molecular flexibility index (Phi) is 9.26. The number of hydrogen-bond donors (Lipinski definition) is 0. The van der Waals surface area contributed by atoms with Crippen molar-refractivity contribution in [2.45, 2.75) is 0 Å². The largest absolute Gasteiger partial charge is 0.310 e. The molecule has 0 spiro atoms. The van der Waals surface area contributed by atoms with Gasteiger partial charge in [-0.3, -0.25) is 0 Å². The van der Waals surface area contributed by atoms with Crippen molar-refractivity contribution in [3.8, 4) is 55.6 Å². The van der Waals surface area contributed by atoms with Crippen LogP contribution in [0.25, 0.3) is 88.0 Å². The van der Waals surface area contributed by atoms with E-state index in [4.69, 9.17) is 0 Å². The van der Waals surface area contributed by atoms with E-state index in [1.165, 1.54) is 76.8 Å². The predicted octanol–water partition coefficient (Wildman–Crippen LogP) is 17.0. The van der Waals surface area contributed by atoms with Gasteiger partial charge in [-0.15, -0.1) is 0 Å². The number of fused-ring (bicyclic) bond motifs is 4. The van der Waals surface area contributed by atoms with Crippen molar-refractivity contribution in [1.29, 1.82) is 0 Å². The second kappa shape index (κ2) is 15.6. The lowest BCUT2D eigenvalue weighted by Crippen LogP contribution is -2.11. The average molecular weight is 776 g/mol. The van der Waals surface area contributed by atoms with E-state index in [0.29, 0.717) is 0 Å². The highest BCUT2D eigenvalue weighted by atomic mass is 15.1. The van der Waals surface area contributed by atoms with E-state index in [1.54, 1.807) is 0 Å². The predicted molar refractivity (Wildman–Crippen MR) is 261 cm³/mol. The molecule has 0 unspecified atom stereocenters. The summed E-state index contributed by atoms with van der Waals surface area (Å²) in [5, 5.41) is 7.49. The lowest BCUT2D eigenvalue weighted by Gasteiger charge is -2.29. The molecule has 0 fully saturated rings. The van der Waals surface area contributed by atoms with E-state index in [0.717, 1.165) is 28.2 Å². The molecule has 0 aliphatic heterocycles. The smallest absolute Gasteiger partial charge is 0.0540 e. The highest BCUT2D eigenvalue weighted by Gasteiger charge is 2.21. The monoisotopic (exact) mass is 775 g/mol. The first-order valence-electron chi connectivity index (χ1n) is 21.0. The summed E-state index contributed by atoms with van der Waals surface area (Å²) in [6.45, 7) is 0. The number of benzene rings is 11. The Morgan fingerprint density at radius 1 is 0.230 bits per heavy atom. The van der Waals surface area contributed by atoms with Gasteiger partial charge in [-0.2, -0.15) is 0 Å². The maximum absolute atomic E-state index is 2.44. The Morgan fingerprint density at radius 3 is 1.51 bits per heavy atom. The summed E-state index contributed by atoms with van der Waals surface area (Å²) in [4.78, 5) is 2.44. The molecule has 0 N–H and O–H groups in total. The molecular weight excluding hydrogens is 735 g/mol. The third-order valence-electron chi connectivity index (χ3n) is 12.0. The lowest BCUT2D eigenvalue weighted by molar-refractivity contribution is 1.28. The number of anilines is 3. The van der Waals surface area contributed by atoms with Crippen LogP contribution < -0.4 is 4.90 Å².